The first-order valence-electron chi connectivity index (χ1n) is 6.80. The molecule has 0 bridgehead atoms. The van der Waals surface area contributed by atoms with Gasteiger partial charge in [-0.3, -0.25) is 9.48 Å². The Balaban J connectivity index is 1.46. The number of hydrogen-bond donors (Lipinski definition) is 1. The predicted octanol–water partition coefficient (Wildman–Crippen LogP) is 1.10. The van der Waals surface area contributed by atoms with Gasteiger partial charge in [0, 0.05) is 43.8 Å². The number of aryl methyl sites for hydroxylation is 1. The summed E-state index contributed by atoms with van der Waals surface area (Å²) in [5, 5.41) is 4.12. The molecule has 1 saturated heterocycles. The lowest BCUT2D eigenvalue weighted by Gasteiger charge is -2.22. The van der Waals surface area contributed by atoms with Crippen molar-refractivity contribution in [2.75, 3.05) is 6.61 Å². The van der Waals surface area contributed by atoms with Gasteiger partial charge in [0.15, 0.2) is 6.29 Å². The summed E-state index contributed by atoms with van der Waals surface area (Å²) in [4.78, 5) is 17.2. The van der Waals surface area contributed by atoms with Crippen molar-refractivity contribution in [3.8, 4) is 0 Å². The summed E-state index contributed by atoms with van der Waals surface area (Å²) in [6.45, 7) is 0.710. The Morgan fingerprint density at radius 3 is 3.16 bits per heavy atom. The van der Waals surface area contributed by atoms with Gasteiger partial charge in [-0.15, -0.1) is 0 Å². The summed E-state index contributed by atoms with van der Waals surface area (Å²) < 4.78 is 7.22. The Morgan fingerprint density at radius 1 is 1.58 bits per heavy atom. The van der Waals surface area contributed by atoms with Gasteiger partial charge in [0.1, 0.15) is 0 Å². The Labute approximate surface area is 112 Å². The number of hydroxylamine groups is 1. The molecule has 1 aromatic heterocycles. The summed E-state index contributed by atoms with van der Waals surface area (Å²) in [5.74, 6) is 0.211. The highest BCUT2D eigenvalue weighted by atomic mass is 16.8. The number of nitrogens with zero attached hydrogens (tertiary/aromatic N) is 2. The topological polar surface area (TPSA) is 65.4 Å². The van der Waals surface area contributed by atoms with Crippen molar-refractivity contribution in [3.05, 3.63) is 18.0 Å². The maximum Gasteiger partial charge on any atom is 0.247 e. The second kappa shape index (κ2) is 5.30. The molecule has 1 aliphatic heterocycles. The molecule has 6 nitrogen and oxygen atoms in total. The van der Waals surface area contributed by atoms with Crippen LogP contribution < -0.4 is 5.48 Å². The van der Waals surface area contributed by atoms with Gasteiger partial charge in [-0.05, 0) is 25.3 Å². The highest BCUT2D eigenvalue weighted by Crippen LogP contribution is 2.47. The molecule has 2 aliphatic rings. The molecule has 3 rings (SSSR count). The first kappa shape index (κ1) is 12.6. The SMILES string of the molecule is Cn1nccc1[C@@H]1C[C@H]1C(=O)NOC1CCCCO1. The molecular formula is C13H19N3O3. The first-order chi connectivity index (χ1) is 9.25. The van der Waals surface area contributed by atoms with Crippen LogP contribution in [0.25, 0.3) is 0 Å². The van der Waals surface area contributed by atoms with Crippen LogP contribution in [0.15, 0.2) is 12.3 Å². The zero-order valence-electron chi connectivity index (χ0n) is 11.0. The van der Waals surface area contributed by atoms with Crippen LogP contribution in [0.2, 0.25) is 0 Å². The Bertz CT molecular complexity index is 454. The molecule has 1 saturated carbocycles. The number of ether oxygens (including phenoxy) is 1. The fraction of sp³-hybridized carbons (Fsp3) is 0.692. The summed E-state index contributed by atoms with van der Waals surface area (Å²) in [6.07, 6.45) is 5.33. The zero-order chi connectivity index (χ0) is 13.2. The zero-order valence-corrected chi connectivity index (χ0v) is 11.0. The average molecular weight is 265 g/mol. The summed E-state index contributed by atoms with van der Waals surface area (Å²) in [6, 6.07) is 1.96. The third-order valence-corrected chi connectivity index (χ3v) is 3.79. The van der Waals surface area contributed by atoms with E-state index in [1.165, 1.54) is 0 Å². The molecule has 2 fully saturated rings. The van der Waals surface area contributed by atoms with E-state index in [-0.39, 0.29) is 24.0 Å². The molecule has 1 unspecified atom stereocenters. The van der Waals surface area contributed by atoms with Crippen LogP contribution in [0, 0.1) is 5.92 Å². The number of aromatic nitrogens is 2. The molecule has 104 valence electrons. The maximum absolute atomic E-state index is 11.9. The van der Waals surface area contributed by atoms with Crippen molar-refractivity contribution in [2.24, 2.45) is 13.0 Å². The van der Waals surface area contributed by atoms with Crippen LogP contribution in [0.4, 0.5) is 0 Å². The largest absolute Gasteiger partial charge is 0.350 e. The fourth-order valence-electron chi connectivity index (χ4n) is 2.56. The lowest BCUT2D eigenvalue weighted by molar-refractivity contribution is -0.201. The van der Waals surface area contributed by atoms with Gasteiger partial charge in [0.25, 0.3) is 0 Å². The minimum atomic E-state index is -0.286. The normalized spacial score (nSPS) is 30.1. The van der Waals surface area contributed by atoms with Crippen molar-refractivity contribution in [2.45, 2.75) is 37.9 Å². The highest BCUT2D eigenvalue weighted by molar-refractivity contribution is 5.81. The summed E-state index contributed by atoms with van der Waals surface area (Å²) >= 11 is 0. The van der Waals surface area contributed by atoms with Crippen molar-refractivity contribution in [3.63, 3.8) is 0 Å². The van der Waals surface area contributed by atoms with Crippen molar-refractivity contribution in [1.82, 2.24) is 15.3 Å². The Morgan fingerprint density at radius 2 is 2.47 bits per heavy atom. The molecule has 19 heavy (non-hydrogen) atoms. The Hall–Kier alpha value is -1.40. The van der Waals surface area contributed by atoms with Gasteiger partial charge in [0.05, 0.1) is 0 Å². The van der Waals surface area contributed by atoms with Crippen LogP contribution in [-0.2, 0) is 21.4 Å². The van der Waals surface area contributed by atoms with Gasteiger partial charge in [0.2, 0.25) is 5.91 Å². The van der Waals surface area contributed by atoms with Crippen LogP contribution in [-0.4, -0.2) is 28.6 Å². The van der Waals surface area contributed by atoms with E-state index < -0.39 is 0 Å². The molecule has 1 aromatic rings. The molecule has 2 heterocycles. The molecule has 0 aromatic carbocycles. The number of carbonyl (C=O) groups is 1. The van der Waals surface area contributed by atoms with Crippen molar-refractivity contribution >= 4 is 5.91 Å². The standard InChI is InChI=1S/C13H19N3O3/c1-16-11(5-6-14-16)9-8-10(9)13(17)15-19-12-4-2-3-7-18-12/h5-6,9-10,12H,2-4,7-8H2,1H3,(H,15,17)/t9-,10-,12?/m1/s1. The molecular weight excluding hydrogens is 246 g/mol. The van der Waals surface area contributed by atoms with Gasteiger partial charge in [-0.1, -0.05) is 0 Å². The van der Waals surface area contributed by atoms with Gasteiger partial charge >= 0.3 is 0 Å². The van der Waals surface area contributed by atoms with E-state index >= 15 is 0 Å². The van der Waals surface area contributed by atoms with Gasteiger partial charge in [-0.2, -0.15) is 5.10 Å². The molecule has 6 heteroatoms. The average Bonchev–Trinajstić information content (AvgIpc) is 3.12. The highest BCUT2D eigenvalue weighted by Gasteiger charge is 2.45. The van der Waals surface area contributed by atoms with Gasteiger partial charge < -0.3 is 4.74 Å². The van der Waals surface area contributed by atoms with E-state index in [4.69, 9.17) is 9.57 Å². The quantitative estimate of drug-likeness (QED) is 0.828. The predicted molar refractivity (Wildman–Crippen MR) is 66.9 cm³/mol. The minimum absolute atomic E-state index is 0.000935. The lowest BCUT2D eigenvalue weighted by Crippen LogP contribution is -2.34. The van der Waals surface area contributed by atoms with Crippen molar-refractivity contribution in [1.29, 1.82) is 0 Å². The van der Waals surface area contributed by atoms with E-state index in [1.54, 1.807) is 6.20 Å². The van der Waals surface area contributed by atoms with Crippen LogP contribution in [0.3, 0.4) is 0 Å². The van der Waals surface area contributed by atoms with E-state index in [2.05, 4.69) is 10.6 Å². The molecule has 0 radical (unpaired) electrons. The van der Waals surface area contributed by atoms with Gasteiger partial charge in [-0.25, -0.2) is 10.3 Å². The number of rotatable bonds is 4. The van der Waals surface area contributed by atoms with E-state index in [1.807, 2.05) is 17.8 Å². The molecule has 3 atom stereocenters. The van der Waals surface area contributed by atoms with Crippen molar-refractivity contribution < 1.29 is 14.4 Å². The van der Waals surface area contributed by atoms with Crippen LogP contribution in [0.1, 0.15) is 37.3 Å². The van der Waals surface area contributed by atoms with E-state index in [9.17, 15) is 4.79 Å². The van der Waals surface area contributed by atoms with E-state index in [0.717, 1.165) is 31.4 Å². The second-order valence-electron chi connectivity index (χ2n) is 5.21. The molecule has 1 amide bonds. The number of amides is 1. The fourth-order valence-corrected chi connectivity index (χ4v) is 2.56. The maximum atomic E-state index is 11.9. The second-order valence-corrected chi connectivity index (χ2v) is 5.21. The summed E-state index contributed by atoms with van der Waals surface area (Å²) in [5.41, 5.74) is 3.64. The smallest absolute Gasteiger partial charge is 0.247 e. The third kappa shape index (κ3) is 2.79. The number of carbonyl (C=O) groups excluding carboxylic acids is 1. The summed E-state index contributed by atoms with van der Waals surface area (Å²) in [7, 11) is 1.90. The molecule has 1 N–H and O–H groups in total. The molecule has 1 aliphatic carbocycles. The minimum Gasteiger partial charge on any atom is -0.350 e. The monoisotopic (exact) mass is 265 g/mol. The van der Waals surface area contributed by atoms with Crippen LogP contribution in [0.5, 0.6) is 0 Å². The number of hydrogen-bond acceptors (Lipinski definition) is 4. The van der Waals surface area contributed by atoms with E-state index in [0.29, 0.717) is 6.61 Å². The third-order valence-electron chi connectivity index (χ3n) is 3.79. The first-order valence-corrected chi connectivity index (χ1v) is 6.80. The number of nitrogens with one attached hydrogen (secondary N) is 1. The lowest BCUT2D eigenvalue weighted by atomic mass is 10.2. The molecule has 0 spiro atoms. The Kier molecular flexibility index (Phi) is 3.52. The van der Waals surface area contributed by atoms with Crippen LogP contribution >= 0.6 is 0 Å².